The summed E-state index contributed by atoms with van der Waals surface area (Å²) in [6.45, 7) is 6.86. The Kier molecular flexibility index (Phi) is 5.11. The second-order valence-corrected chi connectivity index (χ2v) is 4.62. The first-order chi connectivity index (χ1) is 10.2. The molecule has 112 valence electrons. The number of ether oxygens (including phenoxy) is 2. The van der Waals surface area contributed by atoms with E-state index >= 15 is 0 Å². The van der Waals surface area contributed by atoms with E-state index in [0.29, 0.717) is 36.4 Å². The lowest BCUT2D eigenvalue weighted by molar-refractivity contribution is 0.319. The molecular formula is C16H21N3O2. The zero-order valence-corrected chi connectivity index (χ0v) is 12.7. The SMILES string of the molecule is CCOc1cc(CN)ccc1Oc1cc(CC)nc(C)n1. The molecule has 0 bridgehead atoms. The van der Waals surface area contributed by atoms with Crippen LogP contribution in [0.15, 0.2) is 24.3 Å². The molecule has 0 atom stereocenters. The molecule has 2 N–H and O–H groups in total. The van der Waals surface area contributed by atoms with Crippen molar-refractivity contribution in [3.8, 4) is 17.4 Å². The summed E-state index contributed by atoms with van der Waals surface area (Å²) in [5, 5.41) is 0. The summed E-state index contributed by atoms with van der Waals surface area (Å²) in [6, 6.07) is 7.52. The molecule has 0 spiro atoms. The largest absolute Gasteiger partial charge is 0.490 e. The van der Waals surface area contributed by atoms with Gasteiger partial charge in [0.25, 0.3) is 0 Å². The molecule has 0 aliphatic carbocycles. The fourth-order valence-corrected chi connectivity index (χ4v) is 1.98. The normalized spacial score (nSPS) is 10.5. The van der Waals surface area contributed by atoms with Crippen molar-refractivity contribution in [3.05, 3.63) is 41.3 Å². The van der Waals surface area contributed by atoms with Crippen LogP contribution in [0.3, 0.4) is 0 Å². The zero-order chi connectivity index (χ0) is 15.2. The zero-order valence-electron chi connectivity index (χ0n) is 12.7. The van der Waals surface area contributed by atoms with E-state index in [9.17, 15) is 0 Å². The molecule has 0 saturated heterocycles. The maximum absolute atomic E-state index is 5.87. The van der Waals surface area contributed by atoms with Crippen LogP contribution in [-0.4, -0.2) is 16.6 Å². The summed E-state index contributed by atoms with van der Waals surface area (Å²) >= 11 is 0. The van der Waals surface area contributed by atoms with Gasteiger partial charge in [-0.05, 0) is 38.0 Å². The van der Waals surface area contributed by atoms with Gasteiger partial charge in [-0.1, -0.05) is 13.0 Å². The van der Waals surface area contributed by atoms with Crippen LogP contribution in [0.4, 0.5) is 0 Å². The fourth-order valence-electron chi connectivity index (χ4n) is 1.98. The van der Waals surface area contributed by atoms with E-state index in [2.05, 4.69) is 9.97 Å². The second-order valence-electron chi connectivity index (χ2n) is 4.62. The van der Waals surface area contributed by atoms with Crippen molar-refractivity contribution >= 4 is 0 Å². The first-order valence-electron chi connectivity index (χ1n) is 7.14. The number of aryl methyl sites for hydroxylation is 2. The maximum Gasteiger partial charge on any atom is 0.222 e. The van der Waals surface area contributed by atoms with Crippen LogP contribution < -0.4 is 15.2 Å². The third-order valence-corrected chi connectivity index (χ3v) is 2.99. The van der Waals surface area contributed by atoms with E-state index < -0.39 is 0 Å². The third kappa shape index (κ3) is 3.92. The van der Waals surface area contributed by atoms with E-state index in [4.69, 9.17) is 15.2 Å². The van der Waals surface area contributed by atoms with Crippen molar-refractivity contribution in [3.63, 3.8) is 0 Å². The van der Waals surface area contributed by atoms with Crippen molar-refractivity contribution in [2.75, 3.05) is 6.61 Å². The van der Waals surface area contributed by atoms with Gasteiger partial charge in [-0.3, -0.25) is 0 Å². The molecule has 2 rings (SSSR count). The first-order valence-corrected chi connectivity index (χ1v) is 7.14. The second kappa shape index (κ2) is 7.04. The summed E-state index contributed by atoms with van der Waals surface area (Å²) in [5.74, 6) is 2.53. The number of aromatic nitrogens is 2. The summed E-state index contributed by atoms with van der Waals surface area (Å²) in [6.07, 6.45) is 0.837. The average Bonchev–Trinajstić information content (AvgIpc) is 2.48. The lowest BCUT2D eigenvalue weighted by Gasteiger charge is -2.13. The van der Waals surface area contributed by atoms with Crippen LogP contribution in [-0.2, 0) is 13.0 Å². The molecule has 1 heterocycles. The Balaban J connectivity index is 2.32. The van der Waals surface area contributed by atoms with Gasteiger partial charge in [0.2, 0.25) is 5.88 Å². The van der Waals surface area contributed by atoms with Crippen molar-refractivity contribution in [2.45, 2.75) is 33.7 Å². The Morgan fingerprint density at radius 2 is 1.90 bits per heavy atom. The molecule has 5 nitrogen and oxygen atoms in total. The topological polar surface area (TPSA) is 70.3 Å². The summed E-state index contributed by atoms with van der Waals surface area (Å²) in [7, 11) is 0. The number of nitrogens with two attached hydrogens (primary N) is 1. The van der Waals surface area contributed by atoms with Crippen molar-refractivity contribution < 1.29 is 9.47 Å². The highest BCUT2D eigenvalue weighted by Gasteiger charge is 2.09. The molecule has 5 heteroatoms. The van der Waals surface area contributed by atoms with Gasteiger partial charge in [0, 0.05) is 18.3 Å². The third-order valence-electron chi connectivity index (χ3n) is 2.99. The van der Waals surface area contributed by atoms with E-state index in [0.717, 1.165) is 17.7 Å². The van der Waals surface area contributed by atoms with Gasteiger partial charge in [-0.15, -0.1) is 0 Å². The molecule has 0 unspecified atom stereocenters. The molecule has 0 aliphatic heterocycles. The Hall–Kier alpha value is -2.14. The number of rotatable bonds is 6. The number of hydrogen-bond donors (Lipinski definition) is 1. The highest BCUT2D eigenvalue weighted by Crippen LogP contribution is 2.32. The lowest BCUT2D eigenvalue weighted by atomic mass is 10.2. The van der Waals surface area contributed by atoms with Gasteiger partial charge in [0.15, 0.2) is 11.5 Å². The molecule has 1 aromatic heterocycles. The molecule has 21 heavy (non-hydrogen) atoms. The van der Waals surface area contributed by atoms with Gasteiger partial charge >= 0.3 is 0 Å². The van der Waals surface area contributed by atoms with Crippen LogP contribution >= 0.6 is 0 Å². The van der Waals surface area contributed by atoms with Crippen molar-refractivity contribution in [2.24, 2.45) is 5.73 Å². The van der Waals surface area contributed by atoms with Crippen LogP contribution in [0.1, 0.15) is 30.9 Å². The quantitative estimate of drug-likeness (QED) is 0.884. The van der Waals surface area contributed by atoms with Crippen LogP contribution in [0.5, 0.6) is 17.4 Å². The van der Waals surface area contributed by atoms with Crippen molar-refractivity contribution in [1.82, 2.24) is 9.97 Å². The Morgan fingerprint density at radius 1 is 1.10 bits per heavy atom. The predicted molar refractivity (Wildman–Crippen MR) is 81.7 cm³/mol. The molecule has 0 radical (unpaired) electrons. The van der Waals surface area contributed by atoms with Crippen LogP contribution in [0.25, 0.3) is 0 Å². The molecule has 1 aromatic carbocycles. The molecule has 0 amide bonds. The minimum absolute atomic E-state index is 0.465. The Labute approximate surface area is 125 Å². The van der Waals surface area contributed by atoms with Gasteiger partial charge in [-0.2, -0.15) is 4.98 Å². The summed E-state index contributed by atoms with van der Waals surface area (Å²) < 4.78 is 11.5. The average molecular weight is 287 g/mol. The fraction of sp³-hybridized carbons (Fsp3) is 0.375. The number of hydrogen-bond acceptors (Lipinski definition) is 5. The Bertz CT molecular complexity index is 614. The summed E-state index contributed by atoms with van der Waals surface area (Å²) in [4.78, 5) is 8.65. The predicted octanol–water partition coefficient (Wildman–Crippen LogP) is 3.00. The van der Waals surface area contributed by atoms with Crippen LogP contribution in [0, 0.1) is 6.92 Å². The molecule has 0 aliphatic rings. The molecule has 2 aromatic rings. The molecule has 0 fully saturated rings. The number of nitrogens with zero attached hydrogens (tertiary/aromatic N) is 2. The standard InChI is InChI=1S/C16H21N3O2/c1-4-13-9-16(19-11(3)18-13)21-14-7-6-12(10-17)8-15(14)20-5-2/h6-9H,4-5,10,17H2,1-3H3. The van der Waals surface area contributed by atoms with Crippen LogP contribution in [0.2, 0.25) is 0 Å². The Morgan fingerprint density at radius 3 is 2.57 bits per heavy atom. The van der Waals surface area contributed by atoms with Gasteiger partial charge < -0.3 is 15.2 Å². The monoisotopic (exact) mass is 287 g/mol. The smallest absolute Gasteiger partial charge is 0.222 e. The number of benzene rings is 1. The highest BCUT2D eigenvalue weighted by atomic mass is 16.5. The lowest BCUT2D eigenvalue weighted by Crippen LogP contribution is -2.01. The highest BCUT2D eigenvalue weighted by molar-refractivity contribution is 5.44. The molecular weight excluding hydrogens is 266 g/mol. The minimum Gasteiger partial charge on any atom is -0.490 e. The van der Waals surface area contributed by atoms with E-state index in [1.807, 2.05) is 45.0 Å². The molecule has 0 saturated carbocycles. The maximum atomic E-state index is 5.87. The first kappa shape index (κ1) is 15.3. The van der Waals surface area contributed by atoms with Gasteiger partial charge in [0.1, 0.15) is 5.82 Å². The van der Waals surface area contributed by atoms with E-state index in [1.165, 1.54) is 0 Å². The van der Waals surface area contributed by atoms with Crippen molar-refractivity contribution in [1.29, 1.82) is 0 Å². The van der Waals surface area contributed by atoms with E-state index in [-0.39, 0.29) is 0 Å². The summed E-state index contributed by atoms with van der Waals surface area (Å²) in [5.41, 5.74) is 7.61. The minimum atomic E-state index is 0.465. The van der Waals surface area contributed by atoms with E-state index in [1.54, 1.807) is 0 Å². The van der Waals surface area contributed by atoms with Gasteiger partial charge in [0.05, 0.1) is 6.61 Å². The van der Waals surface area contributed by atoms with Gasteiger partial charge in [-0.25, -0.2) is 4.98 Å².